The number of rotatable bonds is 6. The van der Waals surface area contributed by atoms with Crippen molar-refractivity contribution >= 4 is 0 Å². The fourth-order valence-corrected chi connectivity index (χ4v) is 5.08. The second-order valence-electron chi connectivity index (χ2n) is 7.00. The van der Waals surface area contributed by atoms with Gasteiger partial charge in [0.25, 0.3) is 0 Å². The van der Waals surface area contributed by atoms with E-state index in [0.29, 0.717) is 11.5 Å². The molecule has 1 heterocycles. The van der Waals surface area contributed by atoms with Crippen LogP contribution in [0.3, 0.4) is 0 Å². The molecular weight excluding hydrogens is 222 g/mol. The second kappa shape index (κ2) is 5.50. The van der Waals surface area contributed by atoms with Crippen molar-refractivity contribution in [2.75, 3.05) is 20.2 Å². The minimum atomic E-state index is 0.593. The third-order valence-corrected chi connectivity index (χ3v) is 5.86. The third-order valence-electron chi connectivity index (χ3n) is 5.86. The van der Waals surface area contributed by atoms with Crippen LogP contribution in [0.15, 0.2) is 0 Å². The van der Waals surface area contributed by atoms with Crippen LogP contribution in [0, 0.1) is 17.3 Å². The molecule has 3 aliphatic rings. The zero-order valence-electron chi connectivity index (χ0n) is 11.9. The number of fused-ring (bicyclic) bond motifs is 2. The van der Waals surface area contributed by atoms with E-state index in [-0.39, 0.29) is 0 Å². The van der Waals surface area contributed by atoms with Crippen LogP contribution in [0.25, 0.3) is 0 Å². The highest BCUT2D eigenvalue weighted by molar-refractivity contribution is 5.01. The molecule has 4 atom stereocenters. The van der Waals surface area contributed by atoms with Crippen LogP contribution in [-0.4, -0.2) is 26.3 Å². The van der Waals surface area contributed by atoms with Crippen LogP contribution in [0.4, 0.5) is 0 Å². The Labute approximate surface area is 112 Å². The summed E-state index contributed by atoms with van der Waals surface area (Å²) in [7, 11) is 2.13. The summed E-state index contributed by atoms with van der Waals surface area (Å²) in [5.74, 6) is 2.09. The molecule has 2 nitrogen and oxygen atoms in total. The molecule has 18 heavy (non-hydrogen) atoms. The molecule has 1 N–H and O–H groups in total. The summed E-state index contributed by atoms with van der Waals surface area (Å²) in [5, 5.41) is 3.48. The molecule has 4 unspecified atom stereocenters. The zero-order valence-corrected chi connectivity index (χ0v) is 11.9. The first-order valence-electron chi connectivity index (χ1n) is 8.09. The Morgan fingerprint density at radius 1 is 1.28 bits per heavy atom. The molecule has 0 spiro atoms. The molecule has 1 saturated heterocycles. The van der Waals surface area contributed by atoms with Gasteiger partial charge in [-0.15, -0.1) is 0 Å². The topological polar surface area (TPSA) is 21.3 Å². The Morgan fingerprint density at radius 3 is 2.83 bits per heavy atom. The predicted molar refractivity (Wildman–Crippen MR) is 74.6 cm³/mol. The van der Waals surface area contributed by atoms with E-state index in [1.165, 1.54) is 64.3 Å². The normalized spacial score (nSPS) is 42.8. The summed E-state index contributed by atoms with van der Waals surface area (Å²) in [6.45, 7) is 2.26. The molecule has 0 aromatic carbocycles. The summed E-state index contributed by atoms with van der Waals surface area (Å²) in [5.41, 5.74) is 0.649. The molecule has 0 aromatic rings. The van der Waals surface area contributed by atoms with E-state index in [9.17, 15) is 0 Å². The van der Waals surface area contributed by atoms with Gasteiger partial charge in [-0.05, 0) is 69.2 Å². The van der Waals surface area contributed by atoms with Gasteiger partial charge in [0.05, 0.1) is 6.10 Å². The van der Waals surface area contributed by atoms with Crippen molar-refractivity contribution in [1.82, 2.24) is 5.32 Å². The first-order valence-corrected chi connectivity index (χ1v) is 8.09. The molecule has 2 bridgehead atoms. The molecule has 2 heteroatoms. The van der Waals surface area contributed by atoms with Crippen molar-refractivity contribution in [3.8, 4) is 0 Å². The molecule has 0 aromatic heterocycles. The van der Waals surface area contributed by atoms with Crippen molar-refractivity contribution in [3.63, 3.8) is 0 Å². The molecule has 2 saturated carbocycles. The van der Waals surface area contributed by atoms with Gasteiger partial charge in [-0.3, -0.25) is 0 Å². The van der Waals surface area contributed by atoms with E-state index in [2.05, 4.69) is 12.4 Å². The molecule has 3 fully saturated rings. The van der Waals surface area contributed by atoms with E-state index in [4.69, 9.17) is 4.74 Å². The Morgan fingerprint density at radius 2 is 2.22 bits per heavy atom. The molecule has 104 valence electrons. The Balaban J connectivity index is 1.51. The number of hydrogen-bond acceptors (Lipinski definition) is 2. The first kappa shape index (κ1) is 12.9. The average Bonchev–Trinajstić information content (AvgIpc) is 3.05. The van der Waals surface area contributed by atoms with Gasteiger partial charge in [-0.1, -0.05) is 12.8 Å². The zero-order chi connectivity index (χ0) is 12.4. The summed E-state index contributed by atoms with van der Waals surface area (Å²) in [6.07, 6.45) is 13.4. The van der Waals surface area contributed by atoms with E-state index < -0.39 is 0 Å². The van der Waals surface area contributed by atoms with Gasteiger partial charge < -0.3 is 10.1 Å². The van der Waals surface area contributed by atoms with Gasteiger partial charge in [-0.25, -0.2) is 0 Å². The van der Waals surface area contributed by atoms with E-state index in [0.717, 1.165) is 18.4 Å². The lowest BCUT2D eigenvalue weighted by Crippen LogP contribution is -2.37. The summed E-state index contributed by atoms with van der Waals surface area (Å²) in [6, 6.07) is 0. The molecule has 0 amide bonds. The number of nitrogens with one attached hydrogen (secondary N) is 1. The van der Waals surface area contributed by atoms with E-state index in [1.807, 2.05) is 0 Å². The van der Waals surface area contributed by atoms with Crippen LogP contribution in [0.1, 0.15) is 57.8 Å². The van der Waals surface area contributed by atoms with E-state index >= 15 is 0 Å². The minimum Gasteiger partial charge on any atom is -0.378 e. The predicted octanol–water partition coefficient (Wildman–Crippen LogP) is 3.36. The summed E-state index contributed by atoms with van der Waals surface area (Å²) in [4.78, 5) is 0. The Bertz CT molecular complexity index is 274. The lowest BCUT2D eigenvalue weighted by atomic mass is 9.69. The SMILES string of the molecule is CNCC1(CCCC2CCCO2)CC2CCC1C2. The standard InChI is InChI=1S/C16H29NO/c1-17-12-16(11-13-6-7-14(16)10-13)8-2-4-15-5-3-9-18-15/h13-15,17H,2-12H2,1H3. The van der Waals surface area contributed by atoms with Crippen LogP contribution in [0.2, 0.25) is 0 Å². The van der Waals surface area contributed by atoms with Crippen LogP contribution < -0.4 is 5.32 Å². The molecule has 2 aliphatic carbocycles. The third kappa shape index (κ3) is 2.46. The molecule has 1 aliphatic heterocycles. The summed E-state index contributed by atoms with van der Waals surface area (Å²) < 4.78 is 5.76. The fraction of sp³-hybridized carbons (Fsp3) is 1.00. The monoisotopic (exact) mass is 251 g/mol. The van der Waals surface area contributed by atoms with Crippen molar-refractivity contribution < 1.29 is 4.74 Å². The molecule has 0 radical (unpaired) electrons. The largest absolute Gasteiger partial charge is 0.378 e. The van der Waals surface area contributed by atoms with Crippen molar-refractivity contribution in [3.05, 3.63) is 0 Å². The van der Waals surface area contributed by atoms with Gasteiger partial charge in [0.15, 0.2) is 0 Å². The average molecular weight is 251 g/mol. The Hall–Kier alpha value is -0.0800. The highest BCUT2D eigenvalue weighted by atomic mass is 16.5. The first-order chi connectivity index (χ1) is 8.82. The van der Waals surface area contributed by atoms with Crippen LogP contribution >= 0.6 is 0 Å². The van der Waals surface area contributed by atoms with Crippen LogP contribution in [0.5, 0.6) is 0 Å². The molecular formula is C16H29NO. The van der Waals surface area contributed by atoms with Gasteiger partial charge in [0, 0.05) is 13.2 Å². The van der Waals surface area contributed by atoms with Gasteiger partial charge in [-0.2, -0.15) is 0 Å². The van der Waals surface area contributed by atoms with Crippen molar-refractivity contribution in [2.45, 2.75) is 63.9 Å². The maximum absolute atomic E-state index is 5.76. The number of hydrogen-bond donors (Lipinski definition) is 1. The Kier molecular flexibility index (Phi) is 3.95. The smallest absolute Gasteiger partial charge is 0.0576 e. The maximum Gasteiger partial charge on any atom is 0.0576 e. The fourth-order valence-electron chi connectivity index (χ4n) is 5.08. The highest BCUT2D eigenvalue weighted by Gasteiger charge is 2.49. The second-order valence-corrected chi connectivity index (χ2v) is 7.00. The van der Waals surface area contributed by atoms with E-state index in [1.54, 1.807) is 0 Å². The van der Waals surface area contributed by atoms with Crippen molar-refractivity contribution in [1.29, 1.82) is 0 Å². The lowest BCUT2D eigenvalue weighted by Gasteiger charge is -2.38. The summed E-state index contributed by atoms with van der Waals surface area (Å²) >= 11 is 0. The lowest BCUT2D eigenvalue weighted by molar-refractivity contribution is 0.0887. The number of ether oxygens (including phenoxy) is 1. The van der Waals surface area contributed by atoms with Gasteiger partial charge in [0.1, 0.15) is 0 Å². The van der Waals surface area contributed by atoms with Crippen molar-refractivity contribution in [2.24, 2.45) is 17.3 Å². The van der Waals surface area contributed by atoms with Crippen LogP contribution in [-0.2, 0) is 4.74 Å². The molecule has 3 rings (SSSR count). The van der Waals surface area contributed by atoms with Gasteiger partial charge >= 0.3 is 0 Å². The van der Waals surface area contributed by atoms with Gasteiger partial charge in [0.2, 0.25) is 0 Å². The minimum absolute atomic E-state index is 0.593. The highest BCUT2D eigenvalue weighted by Crippen LogP contribution is 2.57. The maximum atomic E-state index is 5.76. The quantitative estimate of drug-likeness (QED) is 0.781.